The standard InChI is InChI=1S/C21H24FN3O4/c1-23-11-13-24(14-12-23)17-9-6-8-16(22)19(17)25-10-5-4-7-15(20(26)28-2)18(25)21(27)29-3/h4-10H,11-14H2,1-3H3. The van der Waals surface area contributed by atoms with Crippen LogP contribution in [0.15, 0.2) is 53.9 Å². The molecule has 1 saturated heterocycles. The molecular formula is C21H24FN3O4. The van der Waals surface area contributed by atoms with Gasteiger partial charge in [-0.3, -0.25) is 0 Å². The molecule has 1 fully saturated rings. The minimum absolute atomic E-state index is 0.0167. The highest BCUT2D eigenvalue weighted by molar-refractivity contribution is 6.06. The maximum atomic E-state index is 15.1. The van der Waals surface area contributed by atoms with Crippen molar-refractivity contribution in [3.8, 4) is 0 Å². The highest BCUT2D eigenvalue weighted by atomic mass is 19.1. The van der Waals surface area contributed by atoms with Crippen LogP contribution in [0, 0.1) is 5.82 Å². The molecule has 1 aromatic carbocycles. The van der Waals surface area contributed by atoms with Crippen LogP contribution in [0.25, 0.3) is 0 Å². The van der Waals surface area contributed by atoms with Gasteiger partial charge < -0.3 is 24.2 Å². The minimum Gasteiger partial charge on any atom is -0.465 e. The van der Waals surface area contributed by atoms with Crippen molar-refractivity contribution >= 4 is 23.3 Å². The Bertz CT molecular complexity index is 886. The Morgan fingerprint density at radius 2 is 1.69 bits per heavy atom. The normalized spacial score (nSPS) is 17.4. The van der Waals surface area contributed by atoms with Crippen LogP contribution in [0.5, 0.6) is 0 Å². The molecule has 2 aliphatic heterocycles. The molecule has 0 unspecified atom stereocenters. The van der Waals surface area contributed by atoms with Gasteiger partial charge in [-0.1, -0.05) is 12.1 Å². The zero-order valence-electron chi connectivity index (χ0n) is 16.7. The number of allylic oxidation sites excluding steroid dienone is 2. The summed E-state index contributed by atoms with van der Waals surface area (Å²) in [6.07, 6.45) is 6.20. The van der Waals surface area contributed by atoms with Gasteiger partial charge in [-0.25, -0.2) is 14.0 Å². The molecule has 7 nitrogen and oxygen atoms in total. The van der Waals surface area contributed by atoms with Gasteiger partial charge >= 0.3 is 11.9 Å². The van der Waals surface area contributed by atoms with Gasteiger partial charge in [0.05, 0.1) is 25.5 Å². The fraction of sp³-hybridized carbons (Fsp3) is 0.333. The van der Waals surface area contributed by atoms with Crippen LogP contribution >= 0.6 is 0 Å². The molecule has 1 aromatic rings. The van der Waals surface area contributed by atoms with E-state index < -0.39 is 17.8 Å². The molecule has 0 bridgehead atoms. The summed E-state index contributed by atoms with van der Waals surface area (Å²) >= 11 is 0. The summed E-state index contributed by atoms with van der Waals surface area (Å²) in [6.45, 7) is 3.09. The molecule has 8 heteroatoms. The van der Waals surface area contributed by atoms with Crippen molar-refractivity contribution in [1.82, 2.24) is 4.90 Å². The van der Waals surface area contributed by atoms with Crippen molar-refractivity contribution in [2.75, 3.05) is 57.2 Å². The maximum Gasteiger partial charge on any atom is 0.355 e. The molecule has 0 spiro atoms. The van der Waals surface area contributed by atoms with E-state index in [1.165, 1.54) is 37.5 Å². The van der Waals surface area contributed by atoms with Crippen LogP contribution < -0.4 is 9.80 Å². The fourth-order valence-corrected chi connectivity index (χ4v) is 3.38. The molecule has 0 aliphatic carbocycles. The number of rotatable bonds is 4. The molecular weight excluding hydrogens is 377 g/mol. The molecule has 154 valence electrons. The lowest BCUT2D eigenvalue weighted by Crippen LogP contribution is -2.45. The predicted octanol–water partition coefficient (Wildman–Crippen LogP) is 2.07. The largest absolute Gasteiger partial charge is 0.465 e. The van der Waals surface area contributed by atoms with E-state index in [1.54, 1.807) is 18.2 Å². The Labute approximate surface area is 169 Å². The zero-order chi connectivity index (χ0) is 21.0. The molecule has 0 saturated carbocycles. The quantitative estimate of drug-likeness (QED) is 0.716. The highest BCUT2D eigenvalue weighted by Gasteiger charge is 2.31. The number of nitrogens with zero attached hydrogens (tertiary/aromatic N) is 3. The molecule has 3 rings (SSSR count). The van der Waals surface area contributed by atoms with E-state index in [1.807, 2.05) is 13.1 Å². The Hall–Kier alpha value is -3.13. The topological polar surface area (TPSA) is 62.3 Å². The van der Waals surface area contributed by atoms with Gasteiger partial charge in [-0.15, -0.1) is 0 Å². The van der Waals surface area contributed by atoms with Gasteiger partial charge in [0.2, 0.25) is 0 Å². The summed E-state index contributed by atoms with van der Waals surface area (Å²) in [4.78, 5) is 30.6. The lowest BCUT2D eigenvalue weighted by molar-refractivity contribution is -0.139. The third-order valence-electron chi connectivity index (χ3n) is 4.94. The number of likely N-dealkylation sites (N-methyl/N-ethyl adjacent to an activating group) is 1. The summed E-state index contributed by atoms with van der Waals surface area (Å²) in [7, 11) is 4.47. The summed E-state index contributed by atoms with van der Waals surface area (Å²) in [5.41, 5.74) is 0.691. The second-order valence-corrected chi connectivity index (χ2v) is 6.71. The Balaban J connectivity index is 2.17. The lowest BCUT2D eigenvalue weighted by atomic mass is 10.1. The average Bonchev–Trinajstić information content (AvgIpc) is 2.96. The summed E-state index contributed by atoms with van der Waals surface area (Å²) in [5, 5.41) is 0. The third kappa shape index (κ3) is 4.17. The number of anilines is 2. The first kappa shape index (κ1) is 20.6. The number of para-hydroxylation sites is 1. The van der Waals surface area contributed by atoms with Gasteiger partial charge in [-0.05, 0) is 31.3 Å². The number of esters is 2. The first-order valence-electron chi connectivity index (χ1n) is 9.25. The predicted molar refractivity (Wildman–Crippen MR) is 108 cm³/mol. The number of hydrogen-bond acceptors (Lipinski definition) is 7. The lowest BCUT2D eigenvalue weighted by Gasteiger charge is -2.36. The van der Waals surface area contributed by atoms with Crippen LogP contribution in [0.4, 0.5) is 15.8 Å². The number of carbonyl (C=O) groups is 2. The van der Waals surface area contributed by atoms with E-state index in [-0.39, 0.29) is 17.0 Å². The van der Waals surface area contributed by atoms with Crippen molar-refractivity contribution in [3.63, 3.8) is 0 Å². The minimum atomic E-state index is -0.769. The number of benzene rings is 1. The van der Waals surface area contributed by atoms with Gasteiger partial charge in [-0.2, -0.15) is 0 Å². The smallest absolute Gasteiger partial charge is 0.355 e. The molecule has 0 atom stereocenters. The number of piperazine rings is 1. The molecule has 0 aromatic heterocycles. The third-order valence-corrected chi connectivity index (χ3v) is 4.94. The van der Waals surface area contributed by atoms with Crippen LogP contribution in [-0.4, -0.2) is 64.3 Å². The van der Waals surface area contributed by atoms with E-state index >= 15 is 4.39 Å². The zero-order valence-corrected chi connectivity index (χ0v) is 16.7. The number of hydrogen-bond donors (Lipinski definition) is 0. The average molecular weight is 401 g/mol. The highest BCUT2D eigenvalue weighted by Crippen LogP contribution is 2.37. The van der Waals surface area contributed by atoms with E-state index in [2.05, 4.69) is 9.80 Å². The number of ether oxygens (including phenoxy) is 2. The second-order valence-electron chi connectivity index (χ2n) is 6.71. The summed E-state index contributed by atoms with van der Waals surface area (Å²) in [5.74, 6) is -2.00. The monoisotopic (exact) mass is 401 g/mol. The fourth-order valence-electron chi connectivity index (χ4n) is 3.38. The Morgan fingerprint density at radius 3 is 2.34 bits per heavy atom. The van der Waals surface area contributed by atoms with E-state index in [0.717, 1.165) is 13.1 Å². The first-order valence-corrected chi connectivity index (χ1v) is 9.25. The summed E-state index contributed by atoms with van der Waals surface area (Å²) < 4.78 is 24.9. The van der Waals surface area contributed by atoms with Crippen molar-refractivity contribution in [3.05, 3.63) is 59.7 Å². The number of halogens is 1. The van der Waals surface area contributed by atoms with Crippen LogP contribution in [0.2, 0.25) is 0 Å². The van der Waals surface area contributed by atoms with Crippen LogP contribution in [-0.2, 0) is 19.1 Å². The second kappa shape index (κ2) is 8.91. The van der Waals surface area contributed by atoms with Gasteiger partial charge in [0.15, 0.2) is 0 Å². The molecule has 2 aliphatic rings. The SMILES string of the molecule is COC(=O)C1=C(C(=O)OC)N(c2c(F)cccc2N2CCN(C)CC2)C=CC=C1. The molecule has 0 N–H and O–H groups in total. The molecule has 0 amide bonds. The maximum absolute atomic E-state index is 15.1. The van der Waals surface area contributed by atoms with Crippen LogP contribution in [0.1, 0.15) is 0 Å². The Kier molecular flexibility index (Phi) is 6.33. The van der Waals surface area contributed by atoms with Crippen molar-refractivity contribution in [2.45, 2.75) is 0 Å². The van der Waals surface area contributed by atoms with E-state index in [4.69, 9.17) is 9.47 Å². The van der Waals surface area contributed by atoms with E-state index in [9.17, 15) is 9.59 Å². The van der Waals surface area contributed by atoms with Gasteiger partial charge in [0.25, 0.3) is 0 Å². The van der Waals surface area contributed by atoms with Crippen molar-refractivity contribution in [1.29, 1.82) is 0 Å². The molecule has 2 heterocycles. The summed E-state index contributed by atoms with van der Waals surface area (Å²) in [6, 6.07) is 4.77. The van der Waals surface area contributed by atoms with Crippen molar-refractivity contribution < 1.29 is 23.5 Å². The van der Waals surface area contributed by atoms with Crippen molar-refractivity contribution in [2.24, 2.45) is 0 Å². The first-order chi connectivity index (χ1) is 14.0. The number of carbonyl (C=O) groups excluding carboxylic acids is 2. The van der Waals surface area contributed by atoms with Gasteiger partial charge in [0.1, 0.15) is 17.2 Å². The van der Waals surface area contributed by atoms with Crippen LogP contribution in [0.3, 0.4) is 0 Å². The molecule has 0 radical (unpaired) electrons. The number of methoxy groups -OCH3 is 2. The molecule has 29 heavy (non-hydrogen) atoms. The van der Waals surface area contributed by atoms with E-state index in [0.29, 0.717) is 18.8 Å². The van der Waals surface area contributed by atoms with Gasteiger partial charge in [0, 0.05) is 32.4 Å². The Morgan fingerprint density at radius 1 is 1.00 bits per heavy atom.